The van der Waals surface area contributed by atoms with E-state index in [0.717, 1.165) is 44.3 Å². The van der Waals surface area contributed by atoms with Crippen molar-refractivity contribution in [1.82, 2.24) is 31.0 Å². The molecule has 3 fully saturated rings. The van der Waals surface area contributed by atoms with Crippen LogP contribution in [0.1, 0.15) is 57.3 Å². The molecule has 0 aromatic carbocycles. The summed E-state index contributed by atoms with van der Waals surface area (Å²) in [6.07, 6.45) is 7.79. The summed E-state index contributed by atoms with van der Waals surface area (Å²) in [5.74, 6) is 0.341. The van der Waals surface area contributed by atoms with Crippen molar-refractivity contribution < 1.29 is 14.3 Å². The number of hydrazine groups is 1. The van der Waals surface area contributed by atoms with Gasteiger partial charge in [-0.05, 0) is 58.8 Å². The summed E-state index contributed by atoms with van der Waals surface area (Å²) in [6, 6.07) is 0.249. The normalized spacial score (nSPS) is 30.0. The number of hydrogen-bond donors (Lipinski definition) is 3. The number of carbonyl (C=O) groups excluding carboxylic acids is 2. The van der Waals surface area contributed by atoms with Gasteiger partial charge in [-0.2, -0.15) is 0 Å². The molecule has 1 aromatic rings. The van der Waals surface area contributed by atoms with Gasteiger partial charge in [0.2, 0.25) is 5.91 Å². The van der Waals surface area contributed by atoms with Gasteiger partial charge in [0.15, 0.2) is 0 Å². The molecule has 3 heterocycles. The quantitative estimate of drug-likeness (QED) is 0.666. The van der Waals surface area contributed by atoms with Crippen LogP contribution in [0, 0.1) is 12.8 Å². The van der Waals surface area contributed by atoms with Crippen LogP contribution in [0.15, 0.2) is 12.4 Å². The van der Waals surface area contributed by atoms with Gasteiger partial charge < -0.3 is 15.0 Å². The Kier molecular flexibility index (Phi) is 5.92. The first-order valence-corrected chi connectivity index (χ1v) is 10.9. The highest BCUT2D eigenvalue weighted by molar-refractivity contribution is 5.78. The first-order chi connectivity index (χ1) is 14.3. The number of likely N-dealkylation sites (tertiary alicyclic amines) is 1. The average molecular weight is 417 g/mol. The molecule has 0 bridgehead atoms. The van der Waals surface area contributed by atoms with Gasteiger partial charge in [-0.25, -0.2) is 10.2 Å². The molecule has 2 amide bonds. The third kappa shape index (κ3) is 4.73. The standard InChI is InChI=1S/C21H32N6O3/c1-13-11-23-15(12-22-13)9-19(28)24-18-10-17(25-26-18)14-4-5-16(8-14)30-20(29)27-7-6-21(27,2)3/h11-12,14,16-18,25-26H,4-10H2,1-3H3,(H,24,28)/t14-,16+,17?,18?/m0/s1. The zero-order valence-corrected chi connectivity index (χ0v) is 18.0. The van der Waals surface area contributed by atoms with Crippen LogP contribution >= 0.6 is 0 Å². The average Bonchev–Trinajstić information content (AvgIpc) is 3.32. The first-order valence-electron chi connectivity index (χ1n) is 10.9. The first kappa shape index (κ1) is 21.0. The molecule has 2 saturated heterocycles. The van der Waals surface area contributed by atoms with Gasteiger partial charge in [-0.1, -0.05) is 0 Å². The smallest absolute Gasteiger partial charge is 0.410 e. The van der Waals surface area contributed by atoms with Crippen molar-refractivity contribution >= 4 is 12.0 Å². The lowest BCUT2D eigenvalue weighted by Crippen LogP contribution is -2.58. The number of aromatic nitrogens is 2. The van der Waals surface area contributed by atoms with Crippen LogP contribution in [0.2, 0.25) is 0 Å². The number of ether oxygens (including phenoxy) is 1. The van der Waals surface area contributed by atoms with E-state index < -0.39 is 0 Å². The molecule has 1 saturated carbocycles. The lowest BCUT2D eigenvalue weighted by atomic mass is 9.90. The van der Waals surface area contributed by atoms with Gasteiger partial charge in [0.1, 0.15) is 6.10 Å². The van der Waals surface area contributed by atoms with Gasteiger partial charge in [0.05, 0.1) is 24.0 Å². The second kappa shape index (κ2) is 8.47. The van der Waals surface area contributed by atoms with Crippen molar-refractivity contribution in [1.29, 1.82) is 0 Å². The van der Waals surface area contributed by atoms with Crippen molar-refractivity contribution in [2.45, 2.75) is 83.1 Å². The minimum absolute atomic E-state index is 0.0190. The van der Waals surface area contributed by atoms with E-state index in [1.807, 2.05) is 11.8 Å². The number of hydrogen-bond acceptors (Lipinski definition) is 7. The van der Waals surface area contributed by atoms with Gasteiger partial charge in [-0.3, -0.25) is 20.2 Å². The zero-order valence-electron chi connectivity index (χ0n) is 18.0. The molecule has 9 heteroatoms. The number of aryl methyl sites for hydroxylation is 1. The van der Waals surface area contributed by atoms with Gasteiger partial charge in [-0.15, -0.1) is 0 Å². The number of nitrogens with zero attached hydrogens (tertiary/aromatic N) is 3. The minimum Gasteiger partial charge on any atom is -0.446 e. The van der Waals surface area contributed by atoms with Crippen LogP contribution in [-0.2, 0) is 16.0 Å². The molecule has 2 unspecified atom stereocenters. The fourth-order valence-corrected chi connectivity index (χ4v) is 4.57. The van der Waals surface area contributed by atoms with Crippen LogP contribution in [-0.4, -0.2) is 57.3 Å². The summed E-state index contributed by atoms with van der Waals surface area (Å²) in [7, 11) is 0. The Morgan fingerprint density at radius 2 is 2.07 bits per heavy atom. The monoisotopic (exact) mass is 416 g/mol. The van der Waals surface area contributed by atoms with Crippen LogP contribution in [0.5, 0.6) is 0 Å². The van der Waals surface area contributed by atoms with Crippen LogP contribution in [0.4, 0.5) is 4.79 Å². The fraction of sp³-hybridized carbons (Fsp3) is 0.714. The fourth-order valence-electron chi connectivity index (χ4n) is 4.57. The summed E-state index contributed by atoms with van der Waals surface area (Å²) < 4.78 is 5.76. The molecule has 4 atom stereocenters. The van der Waals surface area contributed by atoms with E-state index in [1.165, 1.54) is 0 Å². The summed E-state index contributed by atoms with van der Waals surface area (Å²) in [4.78, 5) is 34.9. The Labute approximate surface area is 177 Å². The van der Waals surface area contributed by atoms with Gasteiger partial charge >= 0.3 is 6.09 Å². The van der Waals surface area contributed by atoms with Crippen molar-refractivity contribution in [3.05, 3.63) is 23.8 Å². The number of amides is 2. The molecule has 4 rings (SSSR count). The highest BCUT2D eigenvalue weighted by atomic mass is 16.6. The lowest BCUT2D eigenvalue weighted by molar-refractivity contribution is -0.121. The Hall–Kier alpha value is -2.26. The molecular weight excluding hydrogens is 384 g/mol. The highest BCUT2D eigenvalue weighted by Gasteiger charge is 2.43. The summed E-state index contributed by atoms with van der Waals surface area (Å²) in [6.45, 7) is 6.80. The molecular formula is C21H32N6O3. The molecule has 164 valence electrons. The van der Waals surface area contributed by atoms with E-state index >= 15 is 0 Å². The lowest BCUT2D eigenvalue weighted by Gasteiger charge is -2.47. The molecule has 1 aliphatic carbocycles. The summed E-state index contributed by atoms with van der Waals surface area (Å²) in [5.41, 5.74) is 7.90. The molecule has 3 N–H and O–H groups in total. The number of nitrogens with one attached hydrogen (secondary N) is 3. The van der Waals surface area contributed by atoms with Crippen LogP contribution in [0.25, 0.3) is 0 Å². The topological polar surface area (TPSA) is 108 Å². The van der Waals surface area contributed by atoms with E-state index in [9.17, 15) is 9.59 Å². The zero-order chi connectivity index (χ0) is 21.3. The molecule has 30 heavy (non-hydrogen) atoms. The Morgan fingerprint density at radius 1 is 1.23 bits per heavy atom. The van der Waals surface area contributed by atoms with Gasteiger partial charge in [0, 0.05) is 30.5 Å². The maximum absolute atomic E-state index is 12.4. The van der Waals surface area contributed by atoms with Crippen molar-refractivity contribution in [2.75, 3.05) is 6.54 Å². The second-order valence-corrected chi connectivity index (χ2v) is 9.37. The highest BCUT2D eigenvalue weighted by Crippen LogP contribution is 2.35. The number of carbonyl (C=O) groups is 2. The van der Waals surface area contributed by atoms with E-state index in [-0.39, 0.29) is 42.3 Å². The van der Waals surface area contributed by atoms with Crippen molar-refractivity contribution in [3.8, 4) is 0 Å². The molecule has 0 radical (unpaired) electrons. The second-order valence-electron chi connectivity index (χ2n) is 9.37. The van der Waals surface area contributed by atoms with Crippen molar-refractivity contribution in [3.63, 3.8) is 0 Å². The molecule has 3 aliphatic rings. The SMILES string of the molecule is Cc1cnc(CC(=O)NC2CC([C@H]3CC[C@@H](OC(=O)N4CCC4(C)C)C3)NN2)cn1. The Bertz CT molecular complexity index is 783. The minimum atomic E-state index is -0.182. The molecule has 2 aliphatic heterocycles. The summed E-state index contributed by atoms with van der Waals surface area (Å²) >= 11 is 0. The third-order valence-electron chi connectivity index (χ3n) is 6.60. The molecule has 1 aromatic heterocycles. The van der Waals surface area contributed by atoms with Crippen molar-refractivity contribution in [2.24, 2.45) is 5.92 Å². The third-order valence-corrected chi connectivity index (χ3v) is 6.60. The summed E-state index contributed by atoms with van der Waals surface area (Å²) in [5, 5.41) is 3.01. The predicted molar refractivity (Wildman–Crippen MR) is 110 cm³/mol. The maximum Gasteiger partial charge on any atom is 0.410 e. The largest absolute Gasteiger partial charge is 0.446 e. The van der Waals surface area contributed by atoms with E-state index in [2.05, 4.69) is 40.0 Å². The maximum atomic E-state index is 12.4. The van der Waals surface area contributed by atoms with E-state index in [0.29, 0.717) is 11.6 Å². The van der Waals surface area contributed by atoms with Crippen LogP contribution < -0.4 is 16.2 Å². The number of rotatable bonds is 5. The Morgan fingerprint density at radius 3 is 2.73 bits per heavy atom. The predicted octanol–water partition coefficient (Wildman–Crippen LogP) is 1.43. The molecule has 0 spiro atoms. The van der Waals surface area contributed by atoms with E-state index in [1.54, 1.807) is 12.4 Å². The Balaban J connectivity index is 1.20. The van der Waals surface area contributed by atoms with E-state index in [4.69, 9.17) is 4.74 Å². The van der Waals surface area contributed by atoms with Gasteiger partial charge in [0.25, 0.3) is 0 Å². The van der Waals surface area contributed by atoms with Crippen LogP contribution in [0.3, 0.4) is 0 Å². The molecule has 9 nitrogen and oxygen atoms in total.